The monoisotopic (exact) mass is 248 g/mol. The smallest absolute Gasteiger partial charge is 0.258 e. The zero-order valence-corrected chi connectivity index (χ0v) is 10.4. The number of hydrogen-bond acceptors (Lipinski definition) is 4. The average Bonchev–Trinajstić information content (AvgIpc) is 2.78. The number of nitrogens with zero attached hydrogens (tertiary/aromatic N) is 2. The lowest BCUT2D eigenvalue weighted by atomic mass is 10.2. The maximum Gasteiger partial charge on any atom is 0.270 e. The molecular formula is C12H12N2O2S. The first-order chi connectivity index (χ1) is 8.08. The standard InChI is InChI=1S/C12H12N2O2S/c1-8(2)11-7-13-12(17-11)9-4-3-5-10(6-9)14(15)16/h3-8H,1-2H3. The molecule has 0 aliphatic rings. The van der Waals surface area contributed by atoms with Crippen LogP contribution in [0.15, 0.2) is 30.5 Å². The van der Waals surface area contributed by atoms with Crippen molar-refractivity contribution in [1.82, 2.24) is 4.98 Å². The molecule has 0 saturated carbocycles. The minimum Gasteiger partial charge on any atom is -0.258 e. The van der Waals surface area contributed by atoms with Crippen LogP contribution < -0.4 is 0 Å². The summed E-state index contributed by atoms with van der Waals surface area (Å²) in [6, 6.07) is 6.57. The molecule has 0 fully saturated rings. The lowest BCUT2D eigenvalue weighted by Gasteiger charge is -1.97. The number of nitro benzene ring substituents is 1. The van der Waals surface area contributed by atoms with Crippen molar-refractivity contribution in [1.29, 1.82) is 0 Å². The minimum absolute atomic E-state index is 0.101. The molecule has 0 aliphatic carbocycles. The van der Waals surface area contributed by atoms with Gasteiger partial charge in [-0.25, -0.2) is 4.98 Å². The summed E-state index contributed by atoms with van der Waals surface area (Å²) in [5, 5.41) is 11.5. The van der Waals surface area contributed by atoms with Crippen molar-refractivity contribution in [2.75, 3.05) is 0 Å². The van der Waals surface area contributed by atoms with Crippen LogP contribution in [-0.4, -0.2) is 9.91 Å². The van der Waals surface area contributed by atoms with Crippen molar-refractivity contribution in [2.45, 2.75) is 19.8 Å². The van der Waals surface area contributed by atoms with Crippen molar-refractivity contribution in [3.63, 3.8) is 0 Å². The van der Waals surface area contributed by atoms with Gasteiger partial charge in [0, 0.05) is 28.8 Å². The highest BCUT2D eigenvalue weighted by Gasteiger charge is 2.11. The highest BCUT2D eigenvalue weighted by atomic mass is 32.1. The fourth-order valence-electron chi connectivity index (χ4n) is 1.44. The van der Waals surface area contributed by atoms with E-state index in [9.17, 15) is 10.1 Å². The molecule has 1 aromatic carbocycles. The van der Waals surface area contributed by atoms with Crippen LogP contribution >= 0.6 is 11.3 Å². The van der Waals surface area contributed by atoms with Crippen LogP contribution in [0.2, 0.25) is 0 Å². The van der Waals surface area contributed by atoms with E-state index in [0.717, 1.165) is 10.6 Å². The maximum absolute atomic E-state index is 10.7. The zero-order valence-electron chi connectivity index (χ0n) is 9.58. The van der Waals surface area contributed by atoms with Crippen molar-refractivity contribution in [2.24, 2.45) is 0 Å². The quantitative estimate of drug-likeness (QED) is 0.612. The largest absolute Gasteiger partial charge is 0.270 e. The highest BCUT2D eigenvalue weighted by Crippen LogP contribution is 2.30. The van der Waals surface area contributed by atoms with Gasteiger partial charge in [-0.05, 0) is 5.92 Å². The summed E-state index contributed by atoms with van der Waals surface area (Å²) in [4.78, 5) is 15.8. The van der Waals surface area contributed by atoms with Crippen molar-refractivity contribution in [3.8, 4) is 10.6 Å². The van der Waals surface area contributed by atoms with Crippen molar-refractivity contribution < 1.29 is 4.92 Å². The van der Waals surface area contributed by atoms with E-state index >= 15 is 0 Å². The van der Waals surface area contributed by atoms with Gasteiger partial charge in [0.15, 0.2) is 0 Å². The van der Waals surface area contributed by atoms with E-state index in [1.54, 1.807) is 23.5 Å². The summed E-state index contributed by atoms with van der Waals surface area (Å²) < 4.78 is 0. The second-order valence-electron chi connectivity index (χ2n) is 4.03. The van der Waals surface area contributed by atoms with Crippen LogP contribution in [0, 0.1) is 10.1 Å². The summed E-state index contributed by atoms with van der Waals surface area (Å²) in [6.07, 6.45) is 1.84. The molecule has 88 valence electrons. The lowest BCUT2D eigenvalue weighted by molar-refractivity contribution is -0.384. The molecule has 4 nitrogen and oxygen atoms in total. The number of hydrogen-bond donors (Lipinski definition) is 0. The van der Waals surface area contributed by atoms with Gasteiger partial charge in [0.05, 0.1) is 4.92 Å². The first kappa shape index (κ1) is 11.7. The van der Waals surface area contributed by atoms with Crippen LogP contribution in [-0.2, 0) is 0 Å². The second kappa shape index (κ2) is 4.63. The molecule has 1 heterocycles. The van der Waals surface area contributed by atoms with Crippen LogP contribution in [0.25, 0.3) is 10.6 Å². The Morgan fingerprint density at radius 3 is 2.76 bits per heavy atom. The number of rotatable bonds is 3. The number of thiazole rings is 1. The predicted octanol–water partition coefficient (Wildman–Crippen LogP) is 3.84. The van der Waals surface area contributed by atoms with E-state index in [1.165, 1.54) is 10.9 Å². The number of non-ortho nitro benzene ring substituents is 1. The van der Waals surface area contributed by atoms with Gasteiger partial charge in [-0.15, -0.1) is 11.3 Å². The third-order valence-electron chi connectivity index (χ3n) is 2.40. The Balaban J connectivity index is 2.38. The van der Waals surface area contributed by atoms with Gasteiger partial charge in [-0.3, -0.25) is 10.1 Å². The third kappa shape index (κ3) is 2.50. The molecule has 0 atom stereocenters. The summed E-state index contributed by atoms with van der Waals surface area (Å²) in [7, 11) is 0. The fourth-order valence-corrected chi connectivity index (χ4v) is 2.35. The van der Waals surface area contributed by atoms with Gasteiger partial charge in [-0.1, -0.05) is 26.0 Å². The van der Waals surface area contributed by atoms with Gasteiger partial charge in [-0.2, -0.15) is 0 Å². The minimum atomic E-state index is -0.388. The molecule has 0 spiro atoms. The molecule has 17 heavy (non-hydrogen) atoms. The average molecular weight is 248 g/mol. The van der Waals surface area contributed by atoms with Crippen LogP contribution in [0.4, 0.5) is 5.69 Å². The Morgan fingerprint density at radius 2 is 2.18 bits per heavy atom. The molecule has 0 unspecified atom stereocenters. The van der Waals surface area contributed by atoms with E-state index in [-0.39, 0.29) is 10.6 Å². The zero-order chi connectivity index (χ0) is 12.4. The third-order valence-corrected chi connectivity index (χ3v) is 3.74. The van der Waals surface area contributed by atoms with Gasteiger partial charge < -0.3 is 0 Å². The SMILES string of the molecule is CC(C)c1cnc(-c2cccc([N+](=O)[O-])c2)s1. The van der Waals surface area contributed by atoms with Crippen molar-refractivity contribution in [3.05, 3.63) is 45.5 Å². The molecule has 0 radical (unpaired) electrons. The Morgan fingerprint density at radius 1 is 1.41 bits per heavy atom. The van der Waals surface area contributed by atoms with E-state index in [2.05, 4.69) is 18.8 Å². The molecule has 0 bridgehead atoms. The lowest BCUT2D eigenvalue weighted by Crippen LogP contribution is -1.87. The van der Waals surface area contributed by atoms with Crippen LogP contribution in [0.1, 0.15) is 24.6 Å². The van der Waals surface area contributed by atoms with E-state index in [0.29, 0.717) is 5.92 Å². The highest BCUT2D eigenvalue weighted by molar-refractivity contribution is 7.15. The molecule has 0 aliphatic heterocycles. The Hall–Kier alpha value is -1.75. The molecule has 2 rings (SSSR count). The molecule has 5 heteroatoms. The summed E-state index contributed by atoms with van der Waals surface area (Å²) >= 11 is 1.58. The molecule has 1 aromatic heterocycles. The number of benzene rings is 1. The molecule has 2 aromatic rings. The molecule has 0 saturated heterocycles. The van der Waals surface area contributed by atoms with Crippen molar-refractivity contribution >= 4 is 17.0 Å². The predicted molar refractivity (Wildman–Crippen MR) is 68.3 cm³/mol. The Kier molecular flexibility index (Phi) is 3.19. The Labute approximate surface area is 103 Å². The first-order valence-corrected chi connectivity index (χ1v) is 6.10. The second-order valence-corrected chi connectivity index (χ2v) is 5.09. The van der Waals surface area contributed by atoms with E-state index in [4.69, 9.17) is 0 Å². The molecular weight excluding hydrogens is 236 g/mol. The van der Waals surface area contributed by atoms with Crippen LogP contribution in [0.3, 0.4) is 0 Å². The van der Waals surface area contributed by atoms with Gasteiger partial charge in [0.25, 0.3) is 5.69 Å². The number of aromatic nitrogens is 1. The van der Waals surface area contributed by atoms with E-state index in [1.807, 2.05) is 12.3 Å². The molecule has 0 N–H and O–H groups in total. The fraction of sp³-hybridized carbons (Fsp3) is 0.250. The Bertz CT molecular complexity index is 549. The topological polar surface area (TPSA) is 56.0 Å². The van der Waals surface area contributed by atoms with Gasteiger partial charge >= 0.3 is 0 Å². The first-order valence-electron chi connectivity index (χ1n) is 5.28. The normalized spacial score (nSPS) is 10.8. The number of nitro groups is 1. The summed E-state index contributed by atoms with van der Waals surface area (Å²) in [6.45, 7) is 4.20. The summed E-state index contributed by atoms with van der Waals surface area (Å²) in [5.74, 6) is 0.431. The van der Waals surface area contributed by atoms with Crippen LogP contribution in [0.5, 0.6) is 0 Å². The molecule has 0 amide bonds. The maximum atomic E-state index is 10.7. The van der Waals surface area contributed by atoms with Gasteiger partial charge in [0.1, 0.15) is 5.01 Å². The summed E-state index contributed by atoms with van der Waals surface area (Å²) in [5.41, 5.74) is 0.903. The van der Waals surface area contributed by atoms with E-state index < -0.39 is 0 Å². The van der Waals surface area contributed by atoms with Gasteiger partial charge in [0.2, 0.25) is 0 Å².